The van der Waals surface area contributed by atoms with E-state index in [0.29, 0.717) is 18.6 Å². The summed E-state index contributed by atoms with van der Waals surface area (Å²) in [4.78, 5) is 25.0. The molecule has 0 aliphatic carbocycles. The third-order valence-electron chi connectivity index (χ3n) is 2.86. The molecule has 0 aromatic carbocycles. The number of nitrogens with one attached hydrogen (secondary N) is 1. The number of amides is 2. The maximum absolute atomic E-state index is 12.0. The predicted octanol–water partition coefficient (Wildman–Crippen LogP) is -0.552. The van der Waals surface area contributed by atoms with Crippen LogP contribution in [0.4, 0.5) is 0 Å². The highest BCUT2D eigenvalue weighted by Gasteiger charge is 2.26. The van der Waals surface area contributed by atoms with Gasteiger partial charge in [0, 0.05) is 46.1 Å². The summed E-state index contributed by atoms with van der Waals surface area (Å²) in [6.07, 6.45) is 0.846. The van der Waals surface area contributed by atoms with Crippen molar-refractivity contribution in [3.8, 4) is 0 Å². The van der Waals surface area contributed by atoms with Gasteiger partial charge in [-0.25, -0.2) is 5.01 Å². The Kier molecular flexibility index (Phi) is 4.89. The predicted molar refractivity (Wildman–Crippen MR) is 66.1 cm³/mol. The summed E-state index contributed by atoms with van der Waals surface area (Å²) >= 11 is 0. The van der Waals surface area contributed by atoms with Crippen molar-refractivity contribution in [3.05, 3.63) is 0 Å². The largest absolute Gasteiger partial charge is 0.335 e. The molecular formula is C10H17ClN4O2. The van der Waals surface area contributed by atoms with Crippen LogP contribution in [-0.4, -0.2) is 60.7 Å². The average Bonchev–Trinajstić information content (AvgIpc) is 2.33. The molecule has 96 valence electrons. The van der Waals surface area contributed by atoms with Gasteiger partial charge >= 0.3 is 0 Å². The van der Waals surface area contributed by atoms with Crippen LogP contribution in [0, 0.1) is 0 Å². The van der Waals surface area contributed by atoms with Gasteiger partial charge in [-0.2, -0.15) is 5.10 Å². The number of carbonyl (C=O) groups is 2. The van der Waals surface area contributed by atoms with E-state index in [2.05, 4.69) is 10.4 Å². The van der Waals surface area contributed by atoms with Gasteiger partial charge in [0.1, 0.15) is 5.71 Å². The molecule has 0 spiro atoms. The van der Waals surface area contributed by atoms with Crippen LogP contribution in [0.3, 0.4) is 0 Å². The number of rotatable bonds is 1. The van der Waals surface area contributed by atoms with Crippen molar-refractivity contribution < 1.29 is 9.59 Å². The topological polar surface area (TPSA) is 65.0 Å². The van der Waals surface area contributed by atoms with E-state index in [1.165, 1.54) is 5.01 Å². The molecule has 0 bridgehead atoms. The van der Waals surface area contributed by atoms with Crippen LogP contribution < -0.4 is 5.32 Å². The molecule has 1 N–H and O–H groups in total. The minimum absolute atomic E-state index is 0. The zero-order valence-corrected chi connectivity index (χ0v) is 10.6. The maximum Gasteiger partial charge on any atom is 0.270 e. The standard InChI is InChI=1S/C10H16N4O2.ClH/c1-13-9(15)3-2-8(12-13)10(16)14-6-4-11-5-7-14;/h11H,2-7H2,1H3;1H. The summed E-state index contributed by atoms with van der Waals surface area (Å²) in [5, 5.41) is 8.48. The molecular weight excluding hydrogens is 244 g/mol. The summed E-state index contributed by atoms with van der Waals surface area (Å²) in [7, 11) is 1.59. The lowest BCUT2D eigenvalue weighted by Gasteiger charge is -2.29. The molecule has 1 saturated heterocycles. The minimum Gasteiger partial charge on any atom is -0.335 e. The van der Waals surface area contributed by atoms with Crippen LogP contribution in [0.1, 0.15) is 12.8 Å². The van der Waals surface area contributed by atoms with Crippen LogP contribution in [0.15, 0.2) is 5.10 Å². The first-order valence-corrected chi connectivity index (χ1v) is 5.52. The second-order valence-electron chi connectivity index (χ2n) is 4.01. The van der Waals surface area contributed by atoms with Crippen molar-refractivity contribution in [1.29, 1.82) is 0 Å². The molecule has 0 saturated carbocycles. The number of hydrogen-bond donors (Lipinski definition) is 1. The molecule has 6 nitrogen and oxygen atoms in total. The Balaban J connectivity index is 0.00000144. The van der Waals surface area contributed by atoms with Crippen LogP contribution >= 0.6 is 12.4 Å². The number of nitrogens with zero attached hydrogens (tertiary/aromatic N) is 3. The molecule has 0 unspecified atom stereocenters. The molecule has 0 radical (unpaired) electrons. The summed E-state index contributed by atoms with van der Waals surface area (Å²) in [6.45, 7) is 3.09. The smallest absolute Gasteiger partial charge is 0.270 e. The van der Waals surface area contributed by atoms with Gasteiger partial charge in [-0.1, -0.05) is 0 Å². The molecule has 1 fully saturated rings. The fraction of sp³-hybridized carbons (Fsp3) is 0.700. The first-order valence-electron chi connectivity index (χ1n) is 5.52. The normalized spacial score (nSPS) is 20.8. The number of halogens is 1. The highest BCUT2D eigenvalue weighted by atomic mass is 35.5. The Morgan fingerprint density at radius 1 is 1.29 bits per heavy atom. The van der Waals surface area contributed by atoms with E-state index in [-0.39, 0.29) is 24.2 Å². The SMILES string of the molecule is CN1N=C(C(=O)N2CCNCC2)CCC1=O.Cl. The van der Waals surface area contributed by atoms with Crippen molar-refractivity contribution in [2.75, 3.05) is 33.2 Å². The van der Waals surface area contributed by atoms with Crippen LogP contribution in [-0.2, 0) is 9.59 Å². The summed E-state index contributed by atoms with van der Waals surface area (Å²) in [5.74, 6) is -0.0577. The lowest BCUT2D eigenvalue weighted by molar-refractivity contribution is -0.130. The van der Waals surface area contributed by atoms with E-state index < -0.39 is 0 Å². The first kappa shape index (κ1) is 13.9. The monoisotopic (exact) mass is 260 g/mol. The van der Waals surface area contributed by atoms with Crippen molar-refractivity contribution in [3.63, 3.8) is 0 Å². The number of carbonyl (C=O) groups excluding carboxylic acids is 2. The number of hydrazone groups is 1. The summed E-state index contributed by atoms with van der Waals surface area (Å²) in [5.41, 5.74) is 0.504. The highest BCUT2D eigenvalue weighted by molar-refractivity contribution is 6.39. The summed E-state index contributed by atoms with van der Waals surface area (Å²) in [6, 6.07) is 0. The summed E-state index contributed by atoms with van der Waals surface area (Å²) < 4.78 is 0. The van der Waals surface area contributed by atoms with Gasteiger partial charge < -0.3 is 10.2 Å². The molecule has 2 aliphatic rings. The molecule has 2 amide bonds. The van der Waals surface area contributed by atoms with Crippen LogP contribution in [0.5, 0.6) is 0 Å². The van der Waals surface area contributed by atoms with Crippen LogP contribution in [0.2, 0.25) is 0 Å². The maximum atomic E-state index is 12.0. The van der Waals surface area contributed by atoms with Gasteiger partial charge in [-0.15, -0.1) is 12.4 Å². The van der Waals surface area contributed by atoms with Gasteiger partial charge in [-0.05, 0) is 0 Å². The third-order valence-corrected chi connectivity index (χ3v) is 2.86. The van der Waals surface area contributed by atoms with Gasteiger partial charge in [0.2, 0.25) is 5.91 Å². The minimum atomic E-state index is -0.0307. The average molecular weight is 261 g/mol. The Morgan fingerprint density at radius 3 is 2.53 bits per heavy atom. The van der Waals surface area contributed by atoms with Crippen molar-refractivity contribution in [1.82, 2.24) is 15.2 Å². The quantitative estimate of drug-likeness (QED) is 0.688. The van der Waals surface area contributed by atoms with Gasteiger partial charge in [0.25, 0.3) is 5.91 Å². The lowest BCUT2D eigenvalue weighted by Crippen LogP contribution is -2.49. The Morgan fingerprint density at radius 2 is 1.94 bits per heavy atom. The number of hydrogen-bond acceptors (Lipinski definition) is 4. The molecule has 0 atom stereocenters. The van der Waals surface area contributed by atoms with Crippen molar-refractivity contribution in [2.45, 2.75) is 12.8 Å². The molecule has 7 heteroatoms. The third kappa shape index (κ3) is 3.17. The van der Waals surface area contributed by atoms with E-state index in [4.69, 9.17) is 0 Å². The highest BCUT2D eigenvalue weighted by Crippen LogP contribution is 2.09. The van der Waals surface area contributed by atoms with E-state index in [1.807, 2.05) is 0 Å². The van der Waals surface area contributed by atoms with Crippen molar-refractivity contribution in [2.24, 2.45) is 5.10 Å². The molecule has 0 aromatic heterocycles. The van der Waals surface area contributed by atoms with E-state index in [9.17, 15) is 9.59 Å². The van der Waals surface area contributed by atoms with Gasteiger partial charge in [-0.3, -0.25) is 9.59 Å². The van der Waals surface area contributed by atoms with Gasteiger partial charge in [0.05, 0.1) is 0 Å². The fourth-order valence-electron chi connectivity index (χ4n) is 1.87. The number of piperazine rings is 1. The van der Waals surface area contributed by atoms with E-state index in [0.717, 1.165) is 26.2 Å². The van der Waals surface area contributed by atoms with Crippen LogP contribution in [0.25, 0.3) is 0 Å². The molecule has 17 heavy (non-hydrogen) atoms. The van der Waals surface area contributed by atoms with Gasteiger partial charge in [0.15, 0.2) is 0 Å². The zero-order chi connectivity index (χ0) is 11.5. The molecule has 2 heterocycles. The zero-order valence-electron chi connectivity index (χ0n) is 9.81. The second kappa shape index (κ2) is 5.97. The Hall–Kier alpha value is -1.14. The van der Waals surface area contributed by atoms with Crippen molar-refractivity contribution >= 4 is 29.9 Å². The Bertz CT molecular complexity index is 339. The molecule has 2 rings (SSSR count). The second-order valence-corrected chi connectivity index (χ2v) is 4.01. The fourth-order valence-corrected chi connectivity index (χ4v) is 1.87. The molecule has 2 aliphatic heterocycles. The van der Waals surface area contributed by atoms with E-state index in [1.54, 1.807) is 11.9 Å². The first-order chi connectivity index (χ1) is 7.68. The lowest BCUT2D eigenvalue weighted by atomic mass is 10.1. The molecule has 0 aromatic rings. The van der Waals surface area contributed by atoms with E-state index >= 15 is 0 Å². The Labute approximate surface area is 106 Å².